The summed E-state index contributed by atoms with van der Waals surface area (Å²) >= 11 is 6.20. The number of ether oxygens (including phenoxy) is 1. The molecule has 7 heteroatoms. The third-order valence-electron chi connectivity index (χ3n) is 5.55. The molecule has 154 valence electrons. The standard InChI is InChI=1S/C22H27ClN4O2/c1-15-24-20(14-29-2)19(13-16-4-3-5-18(23)12-16)21(25-15)26-8-10-27(11-9-26)22(28)17-6-7-17/h3-5,12,17H,6-11,13-14H2,1-2H3. The molecule has 1 aromatic carbocycles. The molecule has 1 aliphatic heterocycles. The third-order valence-corrected chi connectivity index (χ3v) is 5.79. The molecule has 2 aromatic rings. The Hall–Kier alpha value is -2.18. The minimum atomic E-state index is 0.273. The van der Waals surface area contributed by atoms with Gasteiger partial charge in [0, 0.05) is 56.2 Å². The van der Waals surface area contributed by atoms with E-state index in [1.54, 1.807) is 7.11 Å². The van der Waals surface area contributed by atoms with Crippen LogP contribution in [0.3, 0.4) is 0 Å². The second kappa shape index (κ2) is 8.67. The minimum Gasteiger partial charge on any atom is -0.378 e. The third kappa shape index (κ3) is 4.70. The number of carbonyl (C=O) groups is 1. The lowest BCUT2D eigenvalue weighted by molar-refractivity contribution is -0.132. The fraction of sp³-hybridized carbons (Fsp3) is 0.500. The number of halogens is 1. The van der Waals surface area contributed by atoms with Crippen LogP contribution in [-0.4, -0.2) is 54.1 Å². The molecule has 1 aromatic heterocycles. The van der Waals surface area contributed by atoms with Crippen LogP contribution >= 0.6 is 11.6 Å². The first-order valence-corrected chi connectivity index (χ1v) is 10.6. The number of hydrogen-bond acceptors (Lipinski definition) is 5. The molecule has 2 fully saturated rings. The van der Waals surface area contributed by atoms with Crippen LogP contribution in [0.5, 0.6) is 0 Å². The largest absolute Gasteiger partial charge is 0.378 e. The Bertz CT molecular complexity index is 892. The van der Waals surface area contributed by atoms with E-state index in [-0.39, 0.29) is 5.92 Å². The van der Waals surface area contributed by atoms with E-state index in [4.69, 9.17) is 21.3 Å². The molecule has 1 saturated heterocycles. The van der Waals surface area contributed by atoms with Gasteiger partial charge in [-0.1, -0.05) is 23.7 Å². The topological polar surface area (TPSA) is 58.6 Å². The number of anilines is 1. The molecule has 6 nitrogen and oxygen atoms in total. The Morgan fingerprint density at radius 2 is 1.97 bits per heavy atom. The van der Waals surface area contributed by atoms with Crippen LogP contribution in [0.4, 0.5) is 5.82 Å². The molecule has 29 heavy (non-hydrogen) atoms. The van der Waals surface area contributed by atoms with Gasteiger partial charge in [0.05, 0.1) is 12.3 Å². The van der Waals surface area contributed by atoms with Gasteiger partial charge in [-0.25, -0.2) is 9.97 Å². The molecule has 1 saturated carbocycles. The smallest absolute Gasteiger partial charge is 0.225 e. The van der Waals surface area contributed by atoms with Crippen molar-refractivity contribution in [1.82, 2.24) is 14.9 Å². The van der Waals surface area contributed by atoms with Crippen molar-refractivity contribution in [2.24, 2.45) is 5.92 Å². The maximum Gasteiger partial charge on any atom is 0.225 e. The lowest BCUT2D eigenvalue weighted by Crippen LogP contribution is -2.49. The van der Waals surface area contributed by atoms with E-state index in [0.717, 1.165) is 72.5 Å². The molecular weight excluding hydrogens is 388 g/mol. The van der Waals surface area contributed by atoms with Crippen LogP contribution < -0.4 is 4.90 Å². The summed E-state index contributed by atoms with van der Waals surface area (Å²) in [4.78, 5) is 26.1. The maximum absolute atomic E-state index is 12.4. The van der Waals surface area contributed by atoms with Crippen molar-refractivity contribution in [2.75, 3.05) is 38.2 Å². The fourth-order valence-corrected chi connectivity index (χ4v) is 4.13. The van der Waals surface area contributed by atoms with E-state index in [9.17, 15) is 4.79 Å². The van der Waals surface area contributed by atoms with Crippen molar-refractivity contribution in [1.29, 1.82) is 0 Å². The molecule has 0 bridgehead atoms. The number of aromatic nitrogens is 2. The molecule has 1 aliphatic carbocycles. The summed E-state index contributed by atoms with van der Waals surface area (Å²) in [6.45, 7) is 5.40. The number of amides is 1. The van der Waals surface area contributed by atoms with Crippen molar-refractivity contribution >= 4 is 23.3 Å². The summed E-state index contributed by atoms with van der Waals surface area (Å²) in [6, 6.07) is 7.89. The van der Waals surface area contributed by atoms with E-state index in [1.165, 1.54) is 0 Å². The first-order valence-electron chi connectivity index (χ1n) is 10.2. The van der Waals surface area contributed by atoms with Crippen LogP contribution in [0.1, 0.15) is 35.5 Å². The van der Waals surface area contributed by atoms with Gasteiger partial charge in [-0.15, -0.1) is 0 Å². The highest BCUT2D eigenvalue weighted by molar-refractivity contribution is 6.30. The number of hydrogen-bond donors (Lipinski definition) is 0. The molecule has 2 heterocycles. The van der Waals surface area contributed by atoms with E-state index in [1.807, 2.05) is 30.0 Å². The van der Waals surface area contributed by atoms with Gasteiger partial charge in [-0.3, -0.25) is 4.79 Å². The quantitative estimate of drug-likeness (QED) is 0.726. The predicted molar refractivity (Wildman–Crippen MR) is 113 cm³/mol. The normalized spacial score (nSPS) is 16.9. The van der Waals surface area contributed by atoms with Gasteiger partial charge in [0.15, 0.2) is 0 Å². The van der Waals surface area contributed by atoms with Crippen molar-refractivity contribution in [3.8, 4) is 0 Å². The monoisotopic (exact) mass is 414 g/mol. The number of rotatable bonds is 6. The van der Waals surface area contributed by atoms with Gasteiger partial charge in [0.25, 0.3) is 0 Å². The summed E-state index contributed by atoms with van der Waals surface area (Å²) in [5, 5.41) is 0.720. The van der Waals surface area contributed by atoms with Gasteiger partial charge < -0.3 is 14.5 Å². The molecule has 4 rings (SSSR count). The number of methoxy groups -OCH3 is 1. The number of nitrogens with zero attached hydrogens (tertiary/aromatic N) is 4. The highest BCUT2D eigenvalue weighted by atomic mass is 35.5. The second-order valence-electron chi connectivity index (χ2n) is 7.85. The Morgan fingerprint density at radius 1 is 1.21 bits per heavy atom. The lowest BCUT2D eigenvalue weighted by atomic mass is 10.0. The zero-order chi connectivity index (χ0) is 20.4. The summed E-state index contributed by atoms with van der Waals surface area (Å²) in [5.74, 6) is 2.28. The van der Waals surface area contributed by atoms with Gasteiger partial charge in [0.1, 0.15) is 11.6 Å². The zero-order valence-electron chi connectivity index (χ0n) is 17.0. The summed E-state index contributed by atoms with van der Waals surface area (Å²) < 4.78 is 5.42. The Labute approximate surface area is 176 Å². The number of carbonyl (C=O) groups excluding carboxylic acids is 1. The average molecular weight is 415 g/mol. The first-order chi connectivity index (χ1) is 14.0. The predicted octanol–water partition coefficient (Wildman–Crippen LogP) is 3.23. The van der Waals surface area contributed by atoms with E-state index in [0.29, 0.717) is 18.9 Å². The molecular formula is C22H27ClN4O2. The maximum atomic E-state index is 12.4. The highest BCUT2D eigenvalue weighted by Gasteiger charge is 2.35. The molecule has 0 N–H and O–H groups in total. The zero-order valence-corrected chi connectivity index (χ0v) is 17.8. The van der Waals surface area contributed by atoms with Gasteiger partial charge in [-0.05, 0) is 37.5 Å². The van der Waals surface area contributed by atoms with E-state index >= 15 is 0 Å². The highest BCUT2D eigenvalue weighted by Crippen LogP contribution is 2.32. The van der Waals surface area contributed by atoms with Crippen LogP contribution in [0.25, 0.3) is 0 Å². The number of aryl methyl sites for hydroxylation is 1. The Morgan fingerprint density at radius 3 is 2.62 bits per heavy atom. The number of benzene rings is 1. The number of piperazine rings is 1. The minimum absolute atomic E-state index is 0.273. The SMILES string of the molecule is COCc1nc(C)nc(N2CCN(C(=O)C3CC3)CC2)c1Cc1cccc(Cl)c1. The van der Waals surface area contributed by atoms with Crippen molar-refractivity contribution in [2.45, 2.75) is 32.8 Å². The Kier molecular flexibility index (Phi) is 6.01. The van der Waals surface area contributed by atoms with Crippen LogP contribution in [0.2, 0.25) is 5.02 Å². The van der Waals surface area contributed by atoms with Gasteiger partial charge in [0.2, 0.25) is 5.91 Å². The van der Waals surface area contributed by atoms with Crippen LogP contribution in [0.15, 0.2) is 24.3 Å². The van der Waals surface area contributed by atoms with Crippen LogP contribution in [-0.2, 0) is 22.6 Å². The summed E-state index contributed by atoms with van der Waals surface area (Å²) in [5.41, 5.74) is 3.10. The van der Waals surface area contributed by atoms with Gasteiger partial charge >= 0.3 is 0 Å². The van der Waals surface area contributed by atoms with Crippen molar-refractivity contribution in [3.05, 3.63) is 51.9 Å². The molecule has 0 unspecified atom stereocenters. The van der Waals surface area contributed by atoms with E-state index in [2.05, 4.69) is 16.0 Å². The first kappa shape index (κ1) is 20.1. The van der Waals surface area contributed by atoms with E-state index < -0.39 is 0 Å². The second-order valence-corrected chi connectivity index (χ2v) is 8.28. The molecule has 0 atom stereocenters. The summed E-state index contributed by atoms with van der Waals surface area (Å²) in [7, 11) is 1.68. The Balaban J connectivity index is 1.60. The summed E-state index contributed by atoms with van der Waals surface area (Å²) in [6.07, 6.45) is 2.79. The molecule has 0 spiro atoms. The average Bonchev–Trinajstić information content (AvgIpc) is 3.55. The van der Waals surface area contributed by atoms with Gasteiger partial charge in [-0.2, -0.15) is 0 Å². The van der Waals surface area contributed by atoms with Crippen LogP contribution in [0, 0.1) is 12.8 Å². The van der Waals surface area contributed by atoms with Crippen molar-refractivity contribution in [3.63, 3.8) is 0 Å². The molecule has 1 amide bonds. The lowest BCUT2D eigenvalue weighted by Gasteiger charge is -2.36. The fourth-order valence-electron chi connectivity index (χ4n) is 3.91. The molecule has 2 aliphatic rings. The molecule has 0 radical (unpaired) electrons. The van der Waals surface area contributed by atoms with Crippen molar-refractivity contribution < 1.29 is 9.53 Å².